The summed E-state index contributed by atoms with van der Waals surface area (Å²) in [4.78, 5) is 89.7. The fourth-order valence-electron chi connectivity index (χ4n) is 9.72. The van der Waals surface area contributed by atoms with E-state index in [0.29, 0.717) is 47.1 Å². The smallest absolute Gasteiger partial charge is 0.336 e. The molecule has 0 saturated heterocycles. The number of aliphatic hydroxyl groups is 3. The molecule has 0 bridgehead atoms. The molecule has 0 radical (unpaired) electrons. The summed E-state index contributed by atoms with van der Waals surface area (Å²) in [6.07, 6.45) is -0.984. The van der Waals surface area contributed by atoms with Crippen molar-refractivity contribution in [1.29, 1.82) is 0 Å². The van der Waals surface area contributed by atoms with Crippen molar-refractivity contribution in [1.82, 2.24) is 13.7 Å². The van der Waals surface area contributed by atoms with Crippen LogP contribution in [-0.4, -0.2) is 61.7 Å². The number of benzene rings is 3. The number of carbonyl (C=O) groups is 3. The van der Waals surface area contributed by atoms with Crippen LogP contribution in [0.2, 0.25) is 0 Å². The Hall–Kier alpha value is -5.64. The number of hydrogen-bond acceptors (Lipinski definition) is 12. The monoisotopic (exact) mass is 1040 g/mol. The number of aromatic hydroxyl groups is 3. The van der Waals surface area contributed by atoms with Gasteiger partial charge in [-0.3, -0.25) is 14.4 Å². The van der Waals surface area contributed by atoms with Crippen molar-refractivity contribution in [2.75, 3.05) is 0 Å². The van der Waals surface area contributed by atoms with E-state index in [0.717, 1.165) is 0 Å². The van der Waals surface area contributed by atoms with Crippen molar-refractivity contribution >= 4 is 17.3 Å². The predicted molar refractivity (Wildman–Crippen MR) is 293 cm³/mol. The van der Waals surface area contributed by atoms with E-state index < -0.39 is 103 Å². The number of Topliss-reactive ketones (excluding diaryl/α,β-unsaturated/α-hetero) is 3. The Kier molecular flexibility index (Phi) is 16.8. The number of phenols is 3. The molecule has 6 N–H and O–H groups in total. The van der Waals surface area contributed by atoms with E-state index in [1.54, 1.807) is 0 Å². The lowest BCUT2D eigenvalue weighted by molar-refractivity contribution is -0.140. The van der Waals surface area contributed by atoms with E-state index >= 15 is 14.4 Å². The van der Waals surface area contributed by atoms with Crippen LogP contribution >= 0.6 is 0 Å². The van der Waals surface area contributed by atoms with Gasteiger partial charge < -0.3 is 30.6 Å². The average Bonchev–Trinajstić information content (AvgIpc) is 3.27. The molecule has 15 heteroatoms. The lowest BCUT2D eigenvalue weighted by atomic mass is 9.75. The first-order valence-electron chi connectivity index (χ1n) is 26.1. The maximum Gasteiger partial charge on any atom is 0.336 e. The number of hydrogen-bond donors (Lipinski definition) is 6. The van der Waals surface area contributed by atoms with E-state index in [1.165, 1.54) is 57.2 Å². The largest absolute Gasteiger partial charge is 0.507 e. The summed E-state index contributed by atoms with van der Waals surface area (Å²) < 4.78 is 1.29. The topological polar surface area (TPSA) is 239 Å². The van der Waals surface area contributed by atoms with E-state index in [1.807, 2.05) is 125 Å². The fraction of sp³-hybridized carbons (Fsp3) is 0.600. The van der Waals surface area contributed by atoms with Gasteiger partial charge in [0.05, 0.1) is 19.6 Å². The Balaban J connectivity index is 2.35. The highest BCUT2D eigenvalue weighted by Crippen LogP contribution is 2.46. The third-order valence-electron chi connectivity index (χ3n) is 14.5. The van der Waals surface area contributed by atoms with Crippen molar-refractivity contribution < 1.29 is 45.0 Å². The molecule has 0 aliphatic rings. The van der Waals surface area contributed by atoms with Crippen LogP contribution in [0.4, 0.5) is 0 Å². The van der Waals surface area contributed by atoms with Gasteiger partial charge >= 0.3 is 17.1 Å². The van der Waals surface area contributed by atoms with Crippen molar-refractivity contribution in [3.05, 3.63) is 118 Å². The molecule has 3 atom stereocenters. The third kappa shape index (κ3) is 11.9. The first-order chi connectivity index (χ1) is 33.7. The molecule has 4 rings (SSSR count). The van der Waals surface area contributed by atoms with Gasteiger partial charge in [0, 0.05) is 19.3 Å². The van der Waals surface area contributed by atoms with Gasteiger partial charge in [-0.05, 0) is 119 Å². The number of phenolic OH excluding ortho intramolecular Hbond substituents is 3. The van der Waals surface area contributed by atoms with E-state index in [2.05, 4.69) is 0 Å². The molecule has 0 amide bonds. The minimum atomic E-state index is -2.74. The Bertz CT molecular complexity index is 2610. The summed E-state index contributed by atoms with van der Waals surface area (Å²) in [6.45, 7) is 33.7. The normalized spacial score (nSPS) is 15.5. The molecule has 1 heterocycles. The fourth-order valence-corrected chi connectivity index (χ4v) is 9.72. The molecule has 3 unspecified atom stereocenters. The minimum absolute atomic E-state index is 0.0880. The van der Waals surface area contributed by atoms with Gasteiger partial charge in [-0.15, -0.1) is 0 Å². The summed E-state index contributed by atoms with van der Waals surface area (Å²) >= 11 is 0. The van der Waals surface area contributed by atoms with Crippen LogP contribution in [0.3, 0.4) is 0 Å². The quantitative estimate of drug-likeness (QED) is 0.0656. The Morgan fingerprint density at radius 1 is 0.347 bits per heavy atom. The number of nitrogens with zero attached hydrogens (tertiary/aromatic N) is 3. The summed E-state index contributed by atoms with van der Waals surface area (Å²) in [7, 11) is 0. The molecular formula is C60H87N3O12. The van der Waals surface area contributed by atoms with Gasteiger partial charge in [0.2, 0.25) is 0 Å². The molecule has 0 aliphatic carbocycles. The Labute approximate surface area is 443 Å². The molecule has 0 spiro atoms. The lowest BCUT2D eigenvalue weighted by Crippen LogP contribution is -2.61. The van der Waals surface area contributed by atoms with Crippen LogP contribution in [-0.2, 0) is 83.3 Å². The van der Waals surface area contributed by atoms with Gasteiger partial charge in [0.25, 0.3) is 0 Å². The van der Waals surface area contributed by atoms with Gasteiger partial charge in [-0.2, -0.15) is 0 Å². The summed E-state index contributed by atoms with van der Waals surface area (Å²) in [5.74, 6) is -2.85. The van der Waals surface area contributed by atoms with Crippen LogP contribution < -0.4 is 17.1 Å². The molecule has 0 saturated carbocycles. The highest BCUT2D eigenvalue weighted by molar-refractivity contribution is 5.90. The first-order valence-corrected chi connectivity index (χ1v) is 26.1. The number of rotatable bonds is 15. The zero-order chi connectivity index (χ0) is 58.1. The summed E-state index contributed by atoms with van der Waals surface area (Å²) in [5.41, 5.74) is -15.5. The SMILES string of the molecule is CCC(=O)C(O)(Cn1c(=O)n(CC(O)(C(=O)CC)c2cc(C(C)(C)C)c(O)c(C(C)(C)C)c2)c(=O)n(CC(O)(C(=O)CC)c2cc(C(C)(C)C)c(O)c(C(C)(C)C)c2)c1=O)c1cc(C(C)(C)C)c(O)c(C(C)(C)C)c1. The molecule has 414 valence electrons. The van der Waals surface area contributed by atoms with Crippen LogP contribution in [0.15, 0.2) is 50.8 Å². The maximum atomic E-state index is 15.4. The Morgan fingerprint density at radius 2 is 0.493 bits per heavy atom. The molecule has 4 aromatic rings. The van der Waals surface area contributed by atoms with Gasteiger partial charge in [0.1, 0.15) is 17.2 Å². The van der Waals surface area contributed by atoms with Crippen molar-refractivity contribution in [2.24, 2.45) is 0 Å². The van der Waals surface area contributed by atoms with E-state index in [-0.39, 0.29) is 53.2 Å². The second-order valence-corrected chi connectivity index (χ2v) is 26.8. The Morgan fingerprint density at radius 3 is 0.613 bits per heavy atom. The van der Waals surface area contributed by atoms with Crippen molar-refractivity contribution in [3.63, 3.8) is 0 Å². The lowest BCUT2D eigenvalue weighted by Gasteiger charge is -2.35. The predicted octanol–water partition coefficient (Wildman–Crippen LogP) is 8.67. The molecule has 3 aromatic carbocycles. The van der Waals surface area contributed by atoms with E-state index in [4.69, 9.17) is 0 Å². The van der Waals surface area contributed by atoms with Crippen molar-refractivity contribution in [3.8, 4) is 17.2 Å². The van der Waals surface area contributed by atoms with Gasteiger partial charge in [-0.25, -0.2) is 28.1 Å². The van der Waals surface area contributed by atoms with Crippen LogP contribution in [0.5, 0.6) is 17.2 Å². The molecule has 0 fully saturated rings. The number of carbonyl (C=O) groups excluding carboxylic acids is 3. The maximum absolute atomic E-state index is 15.4. The molecule has 1 aromatic heterocycles. The highest BCUT2D eigenvalue weighted by Gasteiger charge is 2.46. The minimum Gasteiger partial charge on any atom is -0.507 e. The number of ketones is 3. The van der Waals surface area contributed by atoms with Crippen LogP contribution in [0, 0.1) is 0 Å². The van der Waals surface area contributed by atoms with Gasteiger partial charge in [-0.1, -0.05) is 145 Å². The molecular weight excluding hydrogens is 955 g/mol. The summed E-state index contributed by atoms with van der Waals surface area (Å²) in [5, 5.41) is 74.2. The molecule has 75 heavy (non-hydrogen) atoms. The summed E-state index contributed by atoms with van der Waals surface area (Å²) in [6, 6.07) is 8.61. The second kappa shape index (κ2) is 20.4. The number of aromatic nitrogens is 3. The molecule has 0 aliphatic heterocycles. The standard InChI is InChI=1S/C60H87N3O12/c1-22-43(64)58(73,34-25-37(52(4,5)6)46(67)38(26-34)53(7,8)9)31-61-49(70)62(32-59(74,44(65)23-2)35-27-39(54(10,11)12)47(68)40(28-35)55(13,14)15)51(72)63(50(61)71)33-60(75,45(66)24-3)36-29-41(56(16,17)18)48(69)42(30-36)57(19,20)21/h25-30,67-69,73-75H,22-24,31-33H2,1-21H3. The zero-order valence-electron chi connectivity index (χ0n) is 48.7. The van der Waals surface area contributed by atoms with Crippen LogP contribution in [0.25, 0.3) is 0 Å². The third-order valence-corrected chi connectivity index (χ3v) is 14.5. The average molecular weight is 1040 g/mol. The van der Waals surface area contributed by atoms with E-state index in [9.17, 15) is 45.0 Å². The van der Waals surface area contributed by atoms with Crippen molar-refractivity contribution in [2.45, 2.75) is 234 Å². The van der Waals surface area contributed by atoms with Crippen LogP contribution in [0.1, 0.15) is 215 Å². The van der Waals surface area contributed by atoms with Gasteiger partial charge in [0.15, 0.2) is 34.2 Å². The first kappa shape index (κ1) is 61.9. The molecule has 15 nitrogen and oxygen atoms in total. The zero-order valence-corrected chi connectivity index (χ0v) is 48.7. The highest BCUT2D eigenvalue weighted by atomic mass is 16.3. The second-order valence-electron chi connectivity index (χ2n) is 26.8.